The Balaban J connectivity index is 1.78. The van der Waals surface area contributed by atoms with E-state index in [1.54, 1.807) is 0 Å². The molecule has 0 aliphatic rings. The first-order valence-electron chi connectivity index (χ1n) is 7.15. The summed E-state index contributed by atoms with van der Waals surface area (Å²) < 4.78 is 28.0. The van der Waals surface area contributed by atoms with Gasteiger partial charge in [-0.25, -0.2) is 8.78 Å². The van der Waals surface area contributed by atoms with Gasteiger partial charge in [0.2, 0.25) is 0 Å². The smallest absolute Gasteiger partial charge is 0.196 e. The quantitative estimate of drug-likeness (QED) is 0.521. The van der Waals surface area contributed by atoms with Gasteiger partial charge in [0.05, 0.1) is 5.75 Å². The van der Waals surface area contributed by atoms with Crippen LogP contribution < -0.4 is 0 Å². The maximum Gasteiger partial charge on any atom is 0.196 e. The van der Waals surface area contributed by atoms with Gasteiger partial charge in [0.1, 0.15) is 5.82 Å². The van der Waals surface area contributed by atoms with Gasteiger partial charge in [0.25, 0.3) is 0 Å². The normalized spacial score (nSPS) is 10.8. The topological polar surface area (TPSA) is 47.8 Å². The standard InChI is InChI=1S/C17H13F2N3OS/c1-11-20-21-17(22(11)13-5-3-2-4-6-13)24-10-16(23)12-7-8-14(18)15(19)9-12/h2-9H,10H2,1H3. The number of aromatic nitrogens is 3. The molecule has 0 amide bonds. The molecular formula is C17H13F2N3OS. The van der Waals surface area contributed by atoms with Crippen LogP contribution in [0.4, 0.5) is 8.78 Å². The third-order valence-corrected chi connectivity index (χ3v) is 4.31. The molecule has 1 heterocycles. The second kappa shape index (κ2) is 6.92. The molecular weight excluding hydrogens is 332 g/mol. The molecule has 3 rings (SSSR count). The maximum absolute atomic E-state index is 13.2. The molecule has 0 fully saturated rings. The number of nitrogens with zero attached hydrogens (tertiary/aromatic N) is 3. The molecule has 0 atom stereocenters. The van der Waals surface area contributed by atoms with Crippen molar-refractivity contribution in [1.82, 2.24) is 14.8 Å². The molecule has 0 saturated heterocycles. The van der Waals surface area contributed by atoms with Crippen LogP contribution in [-0.2, 0) is 0 Å². The summed E-state index contributed by atoms with van der Waals surface area (Å²) in [5, 5.41) is 8.68. The second-order valence-electron chi connectivity index (χ2n) is 5.04. The van der Waals surface area contributed by atoms with Gasteiger partial charge in [-0.3, -0.25) is 9.36 Å². The molecule has 0 unspecified atom stereocenters. The van der Waals surface area contributed by atoms with Gasteiger partial charge in [-0.15, -0.1) is 10.2 Å². The summed E-state index contributed by atoms with van der Waals surface area (Å²) >= 11 is 1.20. The number of carbonyl (C=O) groups is 1. The van der Waals surface area contributed by atoms with Gasteiger partial charge in [-0.05, 0) is 37.3 Å². The molecule has 3 aromatic rings. The number of Topliss-reactive ketones (excluding diaryl/α,β-unsaturated/α-hetero) is 1. The number of hydrogen-bond acceptors (Lipinski definition) is 4. The number of rotatable bonds is 5. The van der Waals surface area contributed by atoms with E-state index < -0.39 is 11.6 Å². The van der Waals surface area contributed by atoms with Gasteiger partial charge in [-0.1, -0.05) is 30.0 Å². The summed E-state index contributed by atoms with van der Waals surface area (Å²) in [5.74, 6) is -1.56. The van der Waals surface area contributed by atoms with Gasteiger partial charge >= 0.3 is 0 Å². The van der Waals surface area contributed by atoms with Crippen molar-refractivity contribution >= 4 is 17.5 Å². The Morgan fingerprint density at radius 3 is 2.54 bits per heavy atom. The summed E-state index contributed by atoms with van der Waals surface area (Å²) in [6.45, 7) is 1.82. The largest absolute Gasteiger partial charge is 0.293 e. The van der Waals surface area contributed by atoms with Crippen LogP contribution in [0.5, 0.6) is 0 Å². The zero-order valence-electron chi connectivity index (χ0n) is 12.7. The number of thioether (sulfide) groups is 1. The lowest BCUT2D eigenvalue weighted by atomic mass is 10.1. The van der Waals surface area contributed by atoms with Gasteiger partial charge in [0.15, 0.2) is 22.6 Å². The number of para-hydroxylation sites is 1. The highest BCUT2D eigenvalue weighted by Crippen LogP contribution is 2.22. The highest BCUT2D eigenvalue weighted by Gasteiger charge is 2.15. The number of benzene rings is 2. The monoisotopic (exact) mass is 345 g/mol. The van der Waals surface area contributed by atoms with Crippen molar-refractivity contribution in [2.75, 3.05) is 5.75 Å². The summed E-state index contributed by atoms with van der Waals surface area (Å²) in [7, 11) is 0. The van der Waals surface area contributed by atoms with E-state index >= 15 is 0 Å². The van der Waals surface area contributed by atoms with Crippen LogP contribution in [-0.4, -0.2) is 26.3 Å². The van der Waals surface area contributed by atoms with E-state index in [2.05, 4.69) is 10.2 Å². The van der Waals surface area contributed by atoms with Crippen LogP contribution in [0.25, 0.3) is 5.69 Å². The Hall–Kier alpha value is -2.54. The average molecular weight is 345 g/mol. The number of aryl methyl sites for hydroxylation is 1. The van der Waals surface area contributed by atoms with Crippen molar-refractivity contribution in [1.29, 1.82) is 0 Å². The number of halogens is 2. The van der Waals surface area contributed by atoms with Crippen molar-refractivity contribution in [3.63, 3.8) is 0 Å². The predicted octanol–water partition coefficient (Wildman–Crippen LogP) is 3.83. The lowest BCUT2D eigenvalue weighted by Gasteiger charge is -2.08. The van der Waals surface area contributed by atoms with E-state index in [1.807, 2.05) is 41.8 Å². The first kappa shape index (κ1) is 16.3. The Morgan fingerprint density at radius 2 is 1.83 bits per heavy atom. The highest BCUT2D eigenvalue weighted by atomic mass is 32.2. The Bertz CT molecular complexity index is 881. The van der Waals surface area contributed by atoms with Gasteiger partial charge < -0.3 is 0 Å². The SMILES string of the molecule is Cc1nnc(SCC(=O)c2ccc(F)c(F)c2)n1-c1ccccc1. The third-order valence-electron chi connectivity index (χ3n) is 3.38. The highest BCUT2D eigenvalue weighted by molar-refractivity contribution is 7.99. The zero-order chi connectivity index (χ0) is 17.1. The molecule has 0 aliphatic carbocycles. The number of carbonyl (C=O) groups excluding carboxylic acids is 1. The second-order valence-corrected chi connectivity index (χ2v) is 5.98. The summed E-state index contributed by atoms with van der Waals surface area (Å²) in [6.07, 6.45) is 0. The number of ketones is 1. The molecule has 0 saturated carbocycles. The molecule has 0 spiro atoms. The van der Waals surface area contributed by atoms with Crippen LogP contribution in [0.3, 0.4) is 0 Å². The predicted molar refractivity (Wildman–Crippen MR) is 87.5 cm³/mol. The molecule has 0 N–H and O–H groups in total. The zero-order valence-corrected chi connectivity index (χ0v) is 13.6. The Morgan fingerprint density at radius 1 is 1.08 bits per heavy atom. The summed E-state index contributed by atoms with van der Waals surface area (Å²) in [4.78, 5) is 12.2. The minimum Gasteiger partial charge on any atom is -0.293 e. The minimum atomic E-state index is -1.03. The van der Waals surface area contributed by atoms with E-state index in [0.29, 0.717) is 11.0 Å². The molecule has 24 heavy (non-hydrogen) atoms. The fourth-order valence-corrected chi connectivity index (χ4v) is 3.09. The van der Waals surface area contributed by atoms with Crippen LogP contribution in [0.15, 0.2) is 53.7 Å². The van der Waals surface area contributed by atoms with E-state index in [9.17, 15) is 13.6 Å². The molecule has 1 aromatic heterocycles. The summed E-state index contributed by atoms with van der Waals surface area (Å²) in [5.41, 5.74) is 1.02. The van der Waals surface area contributed by atoms with Crippen molar-refractivity contribution in [2.24, 2.45) is 0 Å². The van der Waals surface area contributed by atoms with E-state index in [4.69, 9.17) is 0 Å². The molecule has 2 aromatic carbocycles. The first-order chi connectivity index (χ1) is 11.6. The first-order valence-corrected chi connectivity index (χ1v) is 8.13. The fraction of sp³-hybridized carbons (Fsp3) is 0.118. The van der Waals surface area contributed by atoms with Gasteiger partial charge in [0, 0.05) is 11.3 Å². The lowest BCUT2D eigenvalue weighted by molar-refractivity contribution is 0.102. The average Bonchev–Trinajstić information content (AvgIpc) is 2.96. The van der Waals surface area contributed by atoms with Crippen molar-refractivity contribution in [2.45, 2.75) is 12.1 Å². The van der Waals surface area contributed by atoms with Crippen LogP contribution >= 0.6 is 11.8 Å². The minimum absolute atomic E-state index is 0.0516. The molecule has 4 nitrogen and oxygen atoms in total. The molecule has 0 radical (unpaired) electrons. The van der Waals surface area contributed by atoms with Gasteiger partial charge in [-0.2, -0.15) is 0 Å². The summed E-state index contributed by atoms with van der Waals surface area (Å²) in [6, 6.07) is 12.7. The van der Waals surface area contributed by atoms with Crippen LogP contribution in [0.1, 0.15) is 16.2 Å². The van der Waals surface area contributed by atoms with E-state index in [0.717, 1.165) is 17.8 Å². The molecule has 0 bridgehead atoms. The number of hydrogen-bond donors (Lipinski definition) is 0. The van der Waals surface area contributed by atoms with Crippen molar-refractivity contribution in [3.8, 4) is 5.69 Å². The molecule has 7 heteroatoms. The Kier molecular flexibility index (Phi) is 4.71. The van der Waals surface area contributed by atoms with Crippen molar-refractivity contribution in [3.05, 3.63) is 71.6 Å². The van der Waals surface area contributed by atoms with E-state index in [1.165, 1.54) is 17.8 Å². The Labute approximate surface area is 141 Å². The van der Waals surface area contributed by atoms with Crippen LogP contribution in [0.2, 0.25) is 0 Å². The van der Waals surface area contributed by atoms with E-state index in [-0.39, 0.29) is 17.1 Å². The van der Waals surface area contributed by atoms with Crippen molar-refractivity contribution < 1.29 is 13.6 Å². The molecule has 0 aliphatic heterocycles. The lowest BCUT2D eigenvalue weighted by Crippen LogP contribution is -2.05. The third kappa shape index (κ3) is 3.35. The van der Waals surface area contributed by atoms with Crippen LogP contribution in [0, 0.1) is 18.6 Å². The maximum atomic E-state index is 13.2. The molecule has 122 valence electrons. The fourth-order valence-electron chi connectivity index (χ4n) is 2.19.